The summed E-state index contributed by atoms with van der Waals surface area (Å²) in [4.78, 5) is 26.8. The number of carbonyl (C=O) groups excluding carboxylic acids is 2. The van der Waals surface area contributed by atoms with Crippen molar-refractivity contribution in [2.24, 2.45) is 0 Å². The van der Waals surface area contributed by atoms with Gasteiger partial charge in [0.25, 0.3) is 5.91 Å². The molecule has 2 aromatic rings. The van der Waals surface area contributed by atoms with E-state index in [-0.39, 0.29) is 24.3 Å². The zero-order valence-corrected chi connectivity index (χ0v) is 16.9. The van der Waals surface area contributed by atoms with Crippen LogP contribution in [0.25, 0.3) is 0 Å². The third-order valence-electron chi connectivity index (χ3n) is 5.08. The smallest absolute Gasteiger partial charge is 0.251 e. The lowest BCUT2D eigenvalue weighted by Gasteiger charge is -2.35. The van der Waals surface area contributed by atoms with Gasteiger partial charge in [0.2, 0.25) is 5.91 Å². The van der Waals surface area contributed by atoms with Crippen LogP contribution in [0.2, 0.25) is 0 Å². The molecule has 6 nitrogen and oxygen atoms in total. The Labute approximate surface area is 172 Å². The summed E-state index contributed by atoms with van der Waals surface area (Å²) in [6.45, 7) is 6.04. The van der Waals surface area contributed by atoms with Crippen molar-refractivity contribution in [3.63, 3.8) is 0 Å². The van der Waals surface area contributed by atoms with Crippen LogP contribution in [-0.4, -0.2) is 56.1 Å². The van der Waals surface area contributed by atoms with Gasteiger partial charge < -0.3 is 15.4 Å². The Balaban J connectivity index is 1.50. The van der Waals surface area contributed by atoms with Gasteiger partial charge in [-0.1, -0.05) is 48.0 Å². The van der Waals surface area contributed by atoms with Crippen molar-refractivity contribution >= 4 is 11.8 Å². The molecule has 0 aromatic heterocycles. The first-order valence-electron chi connectivity index (χ1n) is 10.1. The quantitative estimate of drug-likeness (QED) is 0.720. The lowest BCUT2D eigenvalue weighted by atomic mass is 10.0. The molecule has 1 aliphatic rings. The lowest BCUT2D eigenvalue weighted by molar-refractivity contribution is -0.121. The summed E-state index contributed by atoms with van der Waals surface area (Å²) in [6.07, 6.45) is 0.252. The summed E-state index contributed by atoms with van der Waals surface area (Å²) in [7, 11) is 0. The Morgan fingerprint density at radius 2 is 1.79 bits per heavy atom. The Morgan fingerprint density at radius 1 is 1.03 bits per heavy atom. The van der Waals surface area contributed by atoms with E-state index in [9.17, 15) is 9.59 Å². The van der Waals surface area contributed by atoms with Crippen molar-refractivity contribution in [1.82, 2.24) is 15.5 Å². The number of amides is 2. The fourth-order valence-electron chi connectivity index (χ4n) is 3.50. The molecule has 1 atom stereocenters. The number of carbonyl (C=O) groups is 2. The van der Waals surface area contributed by atoms with Crippen LogP contribution in [0.5, 0.6) is 0 Å². The maximum atomic E-state index is 12.3. The molecule has 0 radical (unpaired) electrons. The van der Waals surface area contributed by atoms with Gasteiger partial charge in [0.05, 0.1) is 19.3 Å². The minimum atomic E-state index is -0.163. The third kappa shape index (κ3) is 6.41. The van der Waals surface area contributed by atoms with Crippen molar-refractivity contribution in [2.75, 3.05) is 39.4 Å². The normalized spacial score (nSPS) is 15.5. The van der Waals surface area contributed by atoms with Crippen molar-refractivity contribution in [2.45, 2.75) is 19.4 Å². The molecule has 154 valence electrons. The fraction of sp³-hybridized carbons (Fsp3) is 0.391. The SMILES string of the molecule is Cc1cccc(C(CNC(=O)CCNC(=O)c2ccccc2)N2CCOCC2)c1. The van der Waals surface area contributed by atoms with E-state index in [1.165, 1.54) is 11.1 Å². The summed E-state index contributed by atoms with van der Waals surface area (Å²) < 4.78 is 5.48. The Kier molecular flexibility index (Phi) is 7.78. The number of nitrogens with one attached hydrogen (secondary N) is 2. The summed E-state index contributed by atoms with van der Waals surface area (Å²) in [5, 5.41) is 5.83. The molecule has 1 heterocycles. The highest BCUT2D eigenvalue weighted by atomic mass is 16.5. The maximum Gasteiger partial charge on any atom is 0.251 e. The lowest BCUT2D eigenvalue weighted by Crippen LogP contribution is -2.44. The van der Waals surface area contributed by atoms with E-state index < -0.39 is 0 Å². The molecule has 0 bridgehead atoms. The number of aryl methyl sites for hydroxylation is 1. The van der Waals surface area contributed by atoms with Crippen LogP contribution < -0.4 is 10.6 Å². The highest BCUT2D eigenvalue weighted by molar-refractivity contribution is 5.94. The van der Waals surface area contributed by atoms with Gasteiger partial charge in [-0.25, -0.2) is 0 Å². The predicted octanol–water partition coefficient (Wildman–Crippen LogP) is 2.30. The molecule has 3 rings (SSSR count). The number of hydrogen-bond donors (Lipinski definition) is 2. The largest absolute Gasteiger partial charge is 0.379 e. The molecule has 2 amide bonds. The van der Waals surface area contributed by atoms with Crippen LogP contribution in [0.15, 0.2) is 54.6 Å². The molecular weight excluding hydrogens is 366 g/mol. The van der Waals surface area contributed by atoms with Gasteiger partial charge in [0.15, 0.2) is 0 Å². The summed E-state index contributed by atoms with van der Waals surface area (Å²) in [5.41, 5.74) is 3.00. The highest BCUT2D eigenvalue weighted by Crippen LogP contribution is 2.22. The summed E-state index contributed by atoms with van der Waals surface area (Å²) >= 11 is 0. The average molecular weight is 396 g/mol. The van der Waals surface area contributed by atoms with Crippen molar-refractivity contribution in [1.29, 1.82) is 0 Å². The van der Waals surface area contributed by atoms with Crippen LogP contribution in [0, 0.1) is 6.92 Å². The second-order valence-corrected chi connectivity index (χ2v) is 7.25. The van der Waals surface area contributed by atoms with Gasteiger partial charge in [-0.15, -0.1) is 0 Å². The zero-order valence-electron chi connectivity index (χ0n) is 16.9. The number of rotatable bonds is 8. The van der Waals surface area contributed by atoms with Crippen LogP contribution in [0.3, 0.4) is 0 Å². The molecule has 0 saturated carbocycles. The third-order valence-corrected chi connectivity index (χ3v) is 5.08. The molecule has 0 aliphatic carbocycles. The molecule has 6 heteroatoms. The standard InChI is InChI=1S/C23H29N3O3/c1-18-6-5-9-20(16-18)21(26-12-14-29-15-13-26)17-25-22(27)10-11-24-23(28)19-7-3-2-4-8-19/h2-9,16,21H,10-15,17H2,1H3,(H,24,28)(H,25,27). The van der Waals surface area contributed by atoms with Gasteiger partial charge in [-0.3, -0.25) is 14.5 Å². The molecule has 1 saturated heterocycles. The second-order valence-electron chi connectivity index (χ2n) is 7.25. The van der Waals surface area contributed by atoms with E-state index >= 15 is 0 Å². The second kappa shape index (κ2) is 10.7. The summed E-state index contributed by atoms with van der Waals surface area (Å²) in [5.74, 6) is -0.228. The van der Waals surface area contributed by atoms with Gasteiger partial charge in [-0.05, 0) is 24.6 Å². The minimum Gasteiger partial charge on any atom is -0.379 e. The molecule has 2 N–H and O–H groups in total. The van der Waals surface area contributed by atoms with E-state index in [1.807, 2.05) is 18.2 Å². The monoisotopic (exact) mass is 395 g/mol. The van der Waals surface area contributed by atoms with E-state index in [4.69, 9.17) is 4.74 Å². The molecule has 1 aliphatic heterocycles. The van der Waals surface area contributed by atoms with E-state index in [1.54, 1.807) is 12.1 Å². The fourth-order valence-corrected chi connectivity index (χ4v) is 3.50. The summed E-state index contributed by atoms with van der Waals surface area (Å²) in [6, 6.07) is 17.5. The molecule has 1 unspecified atom stereocenters. The van der Waals surface area contributed by atoms with Gasteiger partial charge in [-0.2, -0.15) is 0 Å². The molecule has 2 aromatic carbocycles. The van der Waals surface area contributed by atoms with Crippen molar-refractivity contribution in [3.8, 4) is 0 Å². The average Bonchev–Trinajstić information content (AvgIpc) is 2.75. The van der Waals surface area contributed by atoms with Crippen LogP contribution in [0.1, 0.15) is 33.9 Å². The van der Waals surface area contributed by atoms with Gasteiger partial charge in [0, 0.05) is 38.2 Å². The number of morpholine rings is 1. The van der Waals surface area contributed by atoms with E-state index in [2.05, 4.69) is 46.7 Å². The Hall–Kier alpha value is -2.70. The van der Waals surface area contributed by atoms with Gasteiger partial charge >= 0.3 is 0 Å². The first kappa shape index (κ1) is 21.0. The molecule has 1 fully saturated rings. The maximum absolute atomic E-state index is 12.3. The predicted molar refractivity (Wildman–Crippen MR) is 113 cm³/mol. The zero-order chi connectivity index (χ0) is 20.5. The first-order chi connectivity index (χ1) is 14.1. The number of ether oxygens (including phenoxy) is 1. The number of hydrogen-bond acceptors (Lipinski definition) is 4. The Bertz CT molecular complexity index is 804. The number of nitrogens with zero attached hydrogens (tertiary/aromatic N) is 1. The molecule has 0 spiro atoms. The van der Waals surface area contributed by atoms with Crippen LogP contribution in [0.4, 0.5) is 0 Å². The van der Waals surface area contributed by atoms with Crippen molar-refractivity contribution < 1.29 is 14.3 Å². The van der Waals surface area contributed by atoms with E-state index in [0.29, 0.717) is 31.9 Å². The van der Waals surface area contributed by atoms with Crippen LogP contribution >= 0.6 is 0 Å². The first-order valence-corrected chi connectivity index (χ1v) is 10.1. The van der Waals surface area contributed by atoms with Crippen molar-refractivity contribution in [3.05, 3.63) is 71.3 Å². The molecule has 29 heavy (non-hydrogen) atoms. The van der Waals surface area contributed by atoms with E-state index in [0.717, 1.165) is 13.1 Å². The Morgan fingerprint density at radius 3 is 2.52 bits per heavy atom. The highest BCUT2D eigenvalue weighted by Gasteiger charge is 2.23. The topological polar surface area (TPSA) is 70.7 Å². The van der Waals surface area contributed by atoms with Crippen LogP contribution in [-0.2, 0) is 9.53 Å². The number of benzene rings is 2. The molecular formula is C23H29N3O3. The van der Waals surface area contributed by atoms with Gasteiger partial charge in [0.1, 0.15) is 0 Å². The minimum absolute atomic E-state index is 0.0655.